The summed E-state index contributed by atoms with van der Waals surface area (Å²) in [4.78, 5) is 8.04. The largest absolute Gasteiger partial charge is 0.369 e. The Bertz CT molecular complexity index is 303. The molecule has 4 heteroatoms. The van der Waals surface area contributed by atoms with E-state index >= 15 is 0 Å². The van der Waals surface area contributed by atoms with Crippen LogP contribution in [0.15, 0.2) is 17.0 Å². The molecule has 0 aliphatic heterocycles. The van der Waals surface area contributed by atoms with Gasteiger partial charge in [0.05, 0.1) is 4.47 Å². The molecule has 13 heavy (non-hydrogen) atoms. The van der Waals surface area contributed by atoms with Crippen molar-refractivity contribution in [1.82, 2.24) is 9.97 Å². The molecule has 1 aliphatic rings. The Morgan fingerprint density at radius 1 is 1.69 bits per heavy atom. The van der Waals surface area contributed by atoms with Crippen LogP contribution in [0.3, 0.4) is 0 Å². The molecule has 1 saturated carbocycles. The van der Waals surface area contributed by atoms with Gasteiger partial charge in [0, 0.05) is 12.7 Å². The van der Waals surface area contributed by atoms with Crippen LogP contribution in [0, 0.1) is 11.8 Å². The number of hydrogen-bond acceptors (Lipinski definition) is 3. The Morgan fingerprint density at radius 3 is 3.08 bits per heavy atom. The predicted molar refractivity (Wildman–Crippen MR) is 55.5 cm³/mol. The van der Waals surface area contributed by atoms with E-state index in [0.717, 1.165) is 28.7 Å². The fourth-order valence-corrected chi connectivity index (χ4v) is 1.71. The first-order valence-electron chi connectivity index (χ1n) is 4.46. The summed E-state index contributed by atoms with van der Waals surface area (Å²) in [5.41, 5.74) is 0. The van der Waals surface area contributed by atoms with Crippen LogP contribution in [0.25, 0.3) is 0 Å². The van der Waals surface area contributed by atoms with Gasteiger partial charge in [0.15, 0.2) is 0 Å². The van der Waals surface area contributed by atoms with Crippen molar-refractivity contribution in [3.05, 3.63) is 17.0 Å². The molecular formula is C9H12BrN3. The van der Waals surface area contributed by atoms with Crippen molar-refractivity contribution in [1.29, 1.82) is 0 Å². The van der Waals surface area contributed by atoms with Gasteiger partial charge in [-0.05, 0) is 34.2 Å². The second-order valence-corrected chi connectivity index (χ2v) is 4.43. The molecule has 0 bridgehead atoms. The van der Waals surface area contributed by atoms with E-state index < -0.39 is 0 Å². The number of aromatic nitrogens is 2. The Labute approximate surface area is 86.1 Å². The van der Waals surface area contributed by atoms with Crippen LogP contribution >= 0.6 is 15.9 Å². The fraction of sp³-hybridized carbons (Fsp3) is 0.556. The summed E-state index contributed by atoms with van der Waals surface area (Å²) in [6, 6.07) is 0. The molecule has 1 fully saturated rings. The average molecular weight is 242 g/mol. The normalized spacial score (nSPS) is 25.7. The van der Waals surface area contributed by atoms with Gasteiger partial charge in [-0.1, -0.05) is 6.92 Å². The van der Waals surface area contributed by atoms with E-state index in [1.807, 2.05) is 0 Å². The lowest BCUT2D eigenvalue weighted by molar-refractivity contribution is 0.783. The second-order valence-electron chi connectivity index (χ2n) is 3.57. The minimum Gasteiger partial charge on any atom is -0.369 e. The van der Waals surface area contributed by atoms with E-state index in [1.165, 1.54) is 6.42 Å². The van der Waals surface area contributed by atoms with Crippen LogP contribution in [-0.2, 0) is 0 Å². The Balaban J connectivity index is 1.90. The summed E-state index contributed by atoms with van der Waals surface area (Å²) in [5, 5.41) is 3.31. The Morgan fingerprint density at radius 2 is 2.46 bits per heavy atom. The summed E-state index contributed by atoms with van der Waals surface area (Å²) in [7, 11) is 0. The first kappa shape index (κ1) is 8.94. The van der Waals surface area contributed by atoms with Gasteiger partial charge in [-0.15, -0.1) is 0 Å². The molecule has 1 N–H and O–H groups in total. The molecule has 2 atom stereocenters. The lowest BCUT2D eigenvalue weighted by Crippen LogP contribution is -2.06. The molecular weight excluding hydrogens is 230 g/mol. The highest BCUT2D eigenvalue weighted by molar-refractivity contribution is 9.10. The smallest absolute Gasteiger partial charge is 0.143 e. The van der Waals surface area contributed by atoms with Crippen molar-refractivity contribution < 1.29 is 0 Å². The van der Waals surface area contributed by atoms with E-state index in [0.29, 0.717) is 0 Å². The van der Waals surface area contributed by atoms with Crippen LogP contribution < -0.4 is 5.32 Å². The molecule has 3 nitrogen and oxygen atoms in total. The maximum absolute atomic E-state index is 4.13. The summed E-state index contributed by atoms with van der Waals surface area (Å²) in [6.45, 7) is 3.30. The number of nitrogens with one attached hydrogen (secondary N) is 1. The summed E-state index contributed by atoms with van der Waals surface area (Å²) < 4.78 is 0.934. The lowest BCUT2D eigenvalue weighted by Gasteiger charge is -2.05. The summed E-state index contributed by atoms with van der Waals surface area (Å²) >= 11 is 3.39. The molecule has 1 aliphatic carbocycles. The average Bonchev–Trinajstić information content (AvgIpc) is 2.81. The van der Waals surface area contributed by atoms with Gasteiger partial charge in [0.2, 0.25) is 0 Å². The van der Waals surface area contributed by atoms with Gasteiger partial charge in [0.25, 0.3) is 0 Å². The van der Waals surface area contributed by atoms with E-state index in [-0.39, 0.29) is 0 Å². The first-order valence-corrected chi connectivity index (χ1v) is 5.26. The maximum Gasteiger partial charge on any atom is 0.143 e. The zero-order valence-electron chi connectivity index (χ0n) is 7.50. The highest BCUT2D eigenvalue weighted by Gasteiger charge is 2.31. The van der Waals surface area contributed by atoms with Crippen molar-refractivity contribution in [3.8, 4) is 0 Å². The number of hydrogen-bond donors (Lipinski definition) is 1. The maximum atomic E-state index is 4.13. The minimum atomic E-state index is 0.835. The van der Waals surface area contributed by atoms with Crippen LogP contribution in [-0.4, -0.2) is 16.5 Å². The fourth-order valence-electron chi connectivity index (χ4n) is 1.35. The van der Waals surface area contributed by atoms with Gasteiger partial charge in [-0.3, -0.25) is 0 Å². The third-order valence-corrected chi connectivity index (χ3v) is 3.06. The Kier molecular flexibility index (Phi) is 2.49. The quantitative estimate of drug-likeness (QED) is 0.883. The van der Waals surface area contributed by atoms with Crippen molar-refractivity contribution in [3.63, 3.8) is 0 Å². The molecule has 1 heterocycles. The Hall–Kier alpha value is -0.640. The van der Waals surface area contributed by atoms with Crippen LogP contribution in [0.5, 0.6) is 0 Å². The molecule has 1 aromatic rings. The molecule has 0 spiro atoms. The van der Waals surface area contributed by atoms with Gasteiger partial charge in [-0.2, -0.15) is 0 Å². The predicted octanol–water partition coefficient (Wildman–Crippen LogP) is 2.31. The van der Waals surface area contributed by atoms with Gasteiger partial charge < -0.3 is 5.32 Å². The summed E-state index contributed by atoms with van der Waals surface area (Å²) in [5.74, 6) is 2.61. The topological polar surface area (TPSA) is 37.8 Å². The zero-order chi connectivity index (χ0) is 9.26. The van der Waals surface area contributed by atoms with Gasteiger partial charge >= 0.3 is 0 Å². The highest BCUT2D eigenvalue weighted by atomic mass is 79.9. The number of anilines is 1. The van der Waals surface area contributed by atoms with Crippen LogP contribution in [0.4, 0.5) is 5.82 Å². The van der Waals surface area contributed by atoms with Crippen LogP contribution in [0.2, 0.25) is 0 Å². The molecule has 70 valence electrons. The molecule has 0 saturated heterocycles. The standard InChI is InChI=1S/C9H12BrN3/c1-6-2-7(6)3-12-9-8(10)4-11-5-13-9/h4-7H,2-3H2,1H3,(H,11,12,13). The highest BCUT2D eigenvalue weighted by Crippen LogP contribution is 2.37. The minimum absolute atomic E-state index is 0.835. The van der Waals surface area contributed by atoms with Gasteiger partial charge in [-0.25, -0.2) is 9.97 Å². The van der Waals surface area contributed by atoms with Crippen molar-refractivity contribution in [2.24, 2.45) is 11.8 Å². The monoisotopic (exact) mass is 241 g/mol. The van der Waals surface area contributed by atoms with E-state index in [1.54, 1.807) is 12.5 Å². The third kappa shape index (κ3) is 2.18. The number of rotatable bonds is 3. The van der Waals surface area contributed by atoms with E-state index in [2.05, 4.69) is 38.1 Å². The van der Waals surface area contributed by atoms with Crippen molar-refractivity contribution >= 4 is 21.7 Å². The van der Waals surface area contributed by atoms with E-state index in [9.17, 15) is 0 Å². The second kappa shape index (κ2) is 3.62. The number of nitrogens with zero attached hydrogens (tertiary/aromatic N) is 2. The van der Waals surface area contributed by atoms with Crippen molar-refractivity contribution in [2.45, 2.75) is 13.3 Å². The van der Waals surface area contributed by atoms with Crippen LogP contribution in [0.1, 0.15) is 13.3 Å². The number of halogens is 1. The molecule has 2 unspecified atom stereocenters. The summed E-state index contributed by atoms with van der Waals surface area (Å²) in [6.07, 6.45) is 4.66. The molecule has 0 amide bonds. The molecule has 0 radical (unpaired) electrons. The van der Waals surface area contributed by atoms with Gasteiger partial charge in [0.1, 0.15) is 12.1 Å². The first-order chi connectivity index (χ1) is 6.27. The third-order valence-electron chi connectivity index (χ3n) is 2.48. The zero-order valence-corrected chi connectivity index (χ0v) is 9.08. The lowest BCUT2D eigenvalue weighted by atomic mass is 10.3. The SMILES string of the molecule is CC1CC1CNc1ncncc1Br. The van der Waals surface area contributed by atoms with E-state index in [4.69, 9.17) is 0 Å². The molecule has 0 aromatic carbocycles. The molecule has 1 aromatic heterocycles. The molecule has 2 rings (SSSR count). The van der Waals surface area contributed by atoms with Crippen molar-refractivity contribution in [2.75, 3.05) is 11.9 Å².